The molecule has 1 nitrogen and oxygen atoms in total. The average Bonchev–Trinajstić information content (AvgIpc) is 3.71. The first-order valence-electron chi connectivity index (χ1n) is 22.8. The van der Waals surface area contributed by atoms with E-state index in [4.69, 9.17) is 0 Å². The average molecular weight is 840 g/mol. The van der Waals surface area contributed by atoms with Gasteiger partial charge in [0.2, 0.25) is 0 Å². The van der Waals surface area contributed by atoms with Crippen LogP contribution in [0.25, 0.3) is 66.4 Å². The fraction of sp³-hybridized carbons (Fsp3) is 0.0154. The summed E-state index contributed by atoms with van der Waals surface area (Å²) >= 11 is 0. The molecule has 0 saturated heterocycles. The Labute approximate surface area is 387 Å². The highest BCUT2D eigenvalue weighted by Crippen LogP contribution is 2.59. The number of benzene rings is 11. The third-order valence-corrected chi connectivity index (χ3v) is 13.5. The van der Waals surface area contributed by atoms with Gasteiger partial charge in [-0.1, -0.05) is 224 Å². The molecule has 0 amide bonds. The van der Waals surface area contributed by atoms with E-state index in [1.165, 1.54) is 77.5 Å². The Morgan fingerprint density at radius 1 is 0.258 bits per heavy atom. The Balaban J connectivity index is 1.08. The minimum absolute atomic E-state index is 0.531. The van der Waals surface area contributed by atoms with E-state index in [1.807, 2.05) is 0 Å². The van der Waals surface area contributed by atoms with Crippen molar-refractivity contribution in [3.63, 3.8) is 0 Å². The summed E-state index contributed by atoms with van der Waals surface area (Å²) in [5.41, 5.74) is 19.7. The molecule has 11 aromatic rings. The second-order valence-electron chi connectivity index (χ2n) is 17.3. The highest BCUT2D eigenvalue weighted by molar-refractivity contribution is 5.98. The first-order chi connectivity index (χ1) is 32.7. The zero-order valence-electron chi connectivity index (χ0n) is 36.4. The van der Waals surface area contributed by atoms with E-state index >= 15 is 0 Å². The van der Waals surface area contributed by atoms with Gasteiger partial charge in [0.1, 0.15) is 0 Å². The lowest BCUT2D eigenvalue weighted by atomic mass is 9.68. The molecule has 0 N–H and O–H groups in total. The molecule has 0 saturated carbocycles. The molecule has 0 unspecified atom stereocenters. The topological polar surface area (TPSA) is 3.24 Å². The Morgan fingerprint density at radius 3 is 1.36 bits per heavy atom. The molecule has 1 heteroatoms. The molecule has 0 radical (unpaired) electrons. The van der Waals surface area contributed by atoms with Crippen LogP contribution >= 0.6 is 0 Å². The number of fused-ring (bicyclic) bond motifs is 4. The minimum Gasteiger partial charge on any atom is -0.310 e. The Morgan fingerprint density at radius 2 is 0.712 bits per heavy atom. The smallest absolute Gasteiger partial charge is 0.0714 e. The van der Waals surface area contributed by atoms with Crippen molar-refractivity contribution in [2.45, 2.75) is 5.41 Å². The second-order valence-corrected chi connectivity index (χ2v) is 17.3. The normalized spacial score (nSPS) is 12.4. The SMILES string of the molecule is c1ccc(-c2cc(-c3ccccc3)cc(N(c3ccc(-c4cccc(-c5ccc6ccccc6c5)c4)cc3)c3cccc4c3-c3ccccc3C4(c3ccccc3)c3ccccc3)c2)cc1. The van der Waals surface area contributed by atoms with Crippen molar-refractivity contribution in [2.24, 2.45) is 0 Å². The van der Waals surface area contributed by atoms with Crippen molar-refractivity contribution in [2.75, 3.05) is 4.90 Å². The van der Waals surface area contributed by atoms with Crippen LogP contribution in [0.4, 0.5) is 17.1 Å². The van der Waals surface area contributed by atoms with Gasteiger partial charge in [0.05, 0.1) is 11.1 Å². The van der Waals surface area contributed by atoms with Crippen LogP contribution in [0, 0.1) is 0 Å². The quantitative estimate of drug-likeness (QED) is 0.140. The lowest BCUT2D eigenvalue weighted by Gasteiger charge is -2.34. The van der Waals surface area contributed by atoms with Crippen molar-refractivity contribution in [3.8, 4) is 55.6 Å². The van der Waals surface area contributed by atoms with Gasteiger partial charge in [-0.05, 0) is 132 Å². The fourth-order valence-corrected chi connectivity index (χ4v) is 10.5. The third kappa shape index (κ3) is 6.73. The Bertz CT molecular complexity index is 3410. The lowest BCUT2D eigenvalue weighted by Crippen LogP contribution is -2.28. The van der Waals surface area contributed by atoms with Crippen molar-refractivity contribution >= 4 is 27.8 Å². The molecule has 66 heavy (non-hydrogen) atoms. The molecule has 0 fully saturated rings. The first-order valence-corrected chi connectivity index (χ1v) is 22.8. The molecule has 12 rings (SSSR count). The molecular weight excluding hydrogens is 795 g/mol. The van der Waals surface area contributed by atoms with Crippen LogP contribution < -0.4 is 4.90 Å². The molecule has 310 valence electrons. The number of hydrogen-bond acceptors (Lipinski definition) is 1. The highest BCUT2D eigenvalue weighted by atomic mass is 15.1. The molecule has 0 atom stereocenters. The van der Waals surface area contributed by atoms with Gasteiger partial charge < -0.3 is 4.90 Å². The van der Waals surface area contributed by atoms with Crippen LogP contribution in [0.2, 0.25) is 0 Å². The summed E-state index contributed by atoms with van der Waals surface area (Å²) in [4.78, 5) is 2.50. The highest BCUT2D eigenvalue weighted by Gasteiger charge is 2.47. The Kier molecular flexibility index (Phi) is 9.81. The van der Waals surface area contributed by atoms with Crippen LogP contribution in [0.3, 0.4) is 0 Å². The van der Waals surface area contributed by atoms with Gasteiger partial charge in [0, 0.05) is 16.9 Å². The summed E-state index contributed by atoms with van der Waals surface area (Å²) in [6.07, 6.45) is 0. The van der Waals surface area contributed by atoms with Gasteiger partial charge in [0.15, 0.2) is 0 Å². The molecule has 0 aliphatic heterocycles. The third-order valence-electron chi connectivity index (χ3n) is 13.5. The molecule has 0 heterocycles. The molecule has 0 spiro atoms. The summed E-state index contributed by atoms with van der Waals surface area (Å²) in [7, 11) is 0. The molecule has 11 aromatic carbocycles. The summed E-state index contributed by atoms with van der Waals surface area (Å²) in [5.74, 6) is 0. The van der Waals surface area contributed by atoms with Gasteiger partial charge in [-0.2, -0.15) is 0 Å². The maximum Gasteiger partial charge on any atom is 0.0714 e. The predicted octanol–water partition coefficient (Wildman–Crippen LogP) is 17.3. The Hall–Kier alpha value is -8.52. The maximum absolute atomic E-state index is 2.50. The number of rotatable bonds is 9. The second kappa shape index (κ2) is 16.6. The summed E-state index contributed by atoms with van der Waals surface area (Å²) in [6, 6.07) is 100. The van der Waals surface area contributed by atoms with Gasteiger partial charge in [-0.25, -0.2) is 0 Å². The van der Waals surface area contributed by atoms with E-state index in [0.717, 1.165) is 28.2 Å². The van der Waals surface area contributed by atoms with Gasteiger partial charge >= 0.3 is 0 Å². The van der Waals surface area contributed by atoms with Crippen LogP contribution in [-0.2, 0) is 5.41 Å². The monoisotopic (exact) mass is 839 g/mol. The van der Waals surface area contributed by atoms with Crippen LogP contribution in [0.15, 0.2) is 273 Å². The van der Waals surface area contributed by atoms with E-state index in [1.54, 1.807) is 0 Å². The van der Waals surface area contributed by atoms with Crippen molar-refractivity contribution in [3.05, 3.63) is 295 Å². The predicted molar refractivity (Wildman–Crippen MR) is 278 cm³/mol. The minimum atomic E-state index is -0.531. The largest absolute Gasteiger partial charge is 0.310 e. The number of hydrogen-bond donors (Lipinski definition) is 0. The van der Waals surface area contributed by atoms with E-state index in [9.17, 15) is 0 Å². The molecule has 0 bridgehead atoms. The van der Waals surface area contributed by atoms with Gasteiger partial charge in [-0.3, -0.25) is 0 Å². The van der Waals surface area contributed by atoms with Crippen molar-refractivity contribution in [1.29, 1.82) is 0 Å². The van der Waals surface area contributed by atoms with Crippen LogP contribution in [0.1, 0.15) is 22.3 Å². The van der Waals surface area contributed by atoms with Crippen molar-refractivity contribution < 1.29 is 0 Å². The summed E-state index contributed by atoms with van der Waals surface area (Å²) in [6.45, 7) is 0. The van der Waals surface area contributed by atoms with E-state index in [-0.39, 0.29) is 0 Å². The zero-order valence-corrected chi connectivity index (χ0v) is 36.4. The van der Waals surface area contributed by atoms with Crippen LogP contribution in [0.5, 0.6) is 0 Å². The standard InChI is InChI=1S/C65H45N/c1-5-19-46(20-6-1)54-43-55(47-21-7-2-8-22-47)45-59(44-54)66(58-39-37-49(38-40-58)51-25-17-26-52(41-51)53-36-35-48-23-13-14-24-50(48)42-53)63-34-18-33-62-64(63)60-31-15-16-32-61(60)65(62,56-27-9-3-10-28-56)57-29-11-4-12-30-57/h1-45H. The fourth-order valence-electron chi connectivity index (χ4n) is 10.5. The van der Waals surface area contributed by atoms with Gasteiger partial charge in [0.25, 0.3) is 0 Å². The molecule has 0 aromatic heterocycles. The number of anilines is 3. The molecule has 1 aliphatic carbocycles. The van der Waals surface area contributed by atoms with Crippen LogP contribution in [-0.4, -0.2) is 0 Å². The van der Waals surface area contributed by atoms with E-state index < -0.39 is 5.41 Å². The summed E-state index contributed by atoms with van der Waals surface area (Å²) in [5, 5.41) is 2.50. The number of nitrogens with zero attached hydrogens (tertiary/aromatic N) is 1. The lowest BCUT2D eigenvalue weighted by molar-refractivity contribution is 0.768. The first kappa shape index (κ1) is 39.1. The maximum atomic E-state index is 2.50. The van der Waals surface area contributed by atoms with E-state index in [0.29, 0.717) is 0 Å². The summed E-state index contributed by atoms with van der Waals surface area (Å²) < 4.78 is 0. The van der Waals surface area contributed by atoms with Crippen molar-refractivity contribution in [1.82, 2.24) is 0 Å². The van der Waals surface area contributed by atoms with Gasteiger partial charge in [-0.15, -0.1) is 0 Å². The zero-order chi connectivity index (χ0) is 43.9. The molecular formula is C65H45N. The molecule has 1 aliphatic rings. The van der Waals surface area contributed by atoms with E-state index in [2.05, 4.69) is 278 Å².